The van der Waals surface area contributed by atoms with E-state index in [9.17, 15) is 10.1 Å². The number of aryl methyl sites for hydroxylation is 1. The summed E-state index contributed by atoms with van der Waals surface area (Å²) in [6, 6.07) is 6.42. The summed E-state index contributed by atoms with van der Waals surface area (Å²) in [5.74, 6) is 0.296. The lowest BCUT2D eigenvalue weighted by Crippen LogP contribution is -2.28. The van der Waals surface area contributed by atoms with Crippen molar-refractivity contribution in [2.75, 3.05) is 5.75 Å². The molecule has 2 heterocycles. The summed E-state index contributed by atoms with van der Waals surface area (Å²) in [5, 5.41) is 12.5. The predicted molar refractivity (Wildman–Crippen MR) is 107 cm³/mol. The highest BCUT2D eigenvalue weighted by Crippen LogP contribution is 2.44. The van der Waals surface area contributed by atoms with Crippen LogP contribution >= 0.6 is 23.1 Å². The molecule has 0 aliphatic heterocycles. The van der Waals surface area contributed by atoms with Crippen molar-refractivity contribution in [1.82, 2.24) is 4.98 Å². The fourth-order valence-electron chi connectivity index (χ4n) is 3.51. The van der Waals surface area contributed by atoms with E-state index in [0.717, 1.165) is 35.4 Å². The second-order valence-corrected chi connectivity index (χ2v) is 9.65. The van der Waals surface area contributed by atoms with Crippen molar-refractivity contribution >= 4 is 29.0 Å². The zero-order valence-corrected chi connectivity index (χ0v) is 17.0. The summed E-state index contributed by atoms with van der Waals surface area (Å²) in [4.78, 5) is 17.1. The number of thiophene rings is 1. The Hall–Kier alpha value is -1.84. The van der Waals surface area contributed by atoms with Gasteiger partial charge in [-0.05, 0) is 47.6 Å². The van der Waals surface area contributed by atoms with Gasteiger partial charge in [-0.15, -0.1) is 11.3 Å². The van der Waals surface area contributed by atoms with Crippen LogP contribution in [0.5, 0.6) is 0 Å². The SMILES string of the molecule is CC(C)(C)[C@@H]1CCc2nc(SCC(N)=O)c(C#N)c(-c3cccs3)c2C1. The van der Waals surface area contributed by atoms with Gasteiger partial charge in [0.15, 0.2) is 0 Å². The smallest absolute Gasteiger partial charge is 0.227 e. The van der Waals surface area contributed by atoms with Gasteiger partial charge in [0.1, 0.15) is 11.1 Å². The number of aromatic nitrogens is 1. The number of carbonyl (C=O) groups is 1. The van der Waals surface area contributed by atoms with Crippen molar-refractivity contribution < 1.29 is 4.79 Å². The first-order chi connectivity index (χ1) is 12.3. The minimum absolute atomic E-state index is 0.134. The lowest BCUT2D eigenvalue weighted by molar-refractivity contribution is -0.115. The van der Waals surface area contributed by atoms with E-state index in [1.54, 1.807) is 11.3 Å². The number of nitrogens with two attached hydrogens (primary N) is 1. The van der Waals surface area contributed by atoms with Gasteiger partial charge in [-0.1, -0.05) is 38.6 Å². The molecule has 26 heavy (non-hydrogen) atoms. The Morgan fingerprint density at radius 1 is 1.50 bits per heavy atom. The predicted octanol–water partition coefficient (Wildman–Crippen LogP) is 4.41. The normalized spacial score (nSPS) is 16.8. The standard InChI is InChI=1S/C20H23N3OS2/c1-20(2,3)12-6-7-15-13(9-12)18(16-5-4-8-25-16)14(10-21)19(23-15)26-11-17(22)24/h4-5,8,12H,6-7,9,11H2,1-3H3,(H2,22,24)/t12-/m1/s1. The van der Waals surface area contributed by atoms with Crippen LogP contribution in [0.25, 0.3) is 10.4 Å². The molecule has 0 aromatic carbocycles. The molecule has 0 unspecified atom stereocenters. The monoisotopic (exact) mass is 385 g/mol. The number of rotatable bonds is 4. The first-order valence-corrected chi connectivity index (χ1v) is 10.6. The molecule has 1 amide bonds. The van der Waals surface area contributed by atoms with Crippen LogP contribution < -0.4 is 5.73 Å². The summed E-state index contributed by atoms with van der Waals surface area (Å²) in [6.07, 6.45) is 2.94. The molecule has 1 atom stereocenters. The summed E-state index contributed by atoms with van der Waals surface area (Å²) < 4.78 is 0. The number of pyridine rings is 1. The maximum absolute atomic E-state index is 11.2. The van der Waals surface area contributed by atoms with Crippen molar-refractivity contribution in [3.05, 3.63) is 34.3 Å². The van der Waals surface area contributed by atoms with Crippen LogP contribution in [0.1, 0.15) is 44.0 Å². The van der Waals surface area contributed by atoms with Gasteiger partial charge < -0.3 is 5.73 Å². The Labute approximate surface area is 162 Å². The molecule has 4 nitrogen and oxygen atoms in total. The van der Waals surface area contributed by atoms with Crippen LogP contribution in [0.2, 0.25) is 0 Å². The average Bonchev–Trinajstić information content (AvgIpc) is 3.11. The van der Waals surface area contributed by atoms with Crippen molar-refractivity contribution in [3.63, 3.8) is 0 Å². The topological polar surface area (TPSA) is 79.8 Å². The van der Waals surface area contributed by atoms with E-state index in [2.05, 4.69) is 32.9 Å². The zero-order chi connectivity index (χ0) is 18.9. The van der Waals surface area contributed by atoms with E-state index in [1.807, 2.05) is 11.4 Å². The molecule has 136 valence electrons. The number of thioether (sulfide) groups is 1. The van der Waals surface area contributed by atoms with E-state index >= 15 is 0 Å². The van der Waals surface area contributed by atoms with Crippen molar-refractivity contribution in [1.29, 1.82) is 5.26 Å². The summed E-state index contributed by atoms with van der Waals surface area (Å²) in [7, 11) is 0. The second-order valence-electron chi connectivity index (χ2n) is 7.74. The van der Waals surface area contributed by atoms with E-state index in [4.69, 9.17) is 10.7 Å². The van der Waals surface area contributed by atoms with E-state index < -0.39 is 5.91 Å². The van der Waals surface area contributed by atoms with Gasteiger partial charge in [-0.2, -0.15) is 5.26 Å². The molecular weight excluding hydrogens is 362 g/mol. The fourth-order valence-corrected chi connectivity index (χ4v) is 5.06. The molecule has 6 heteroatoms. The number of hydrogen-bond acceptors (Lipinski definition) is 5. The molecule has 2 aromatic heterocycles. The maximum Gasteiger partial charge on any atom is 0.227 e. The van der Waals surface area contributed by atoms with E-state index in [0.29, 0.717) is 16.5 Å². The first kappa shape index (κ1) is 18.9. The Kier molecular flexibility index (Phi) is 5.40. The van der Waals surface area contributed by atoms with Gasteiger partial charge in [-0.3, -0.25) is 4.79 Å². The number of nitrogens with zero attached hydrogens (tertiary/aromatic N) is 2. The summed E-state index contributed by atoms with van der Waals surface area (Å²) in [5.41, 5.74) is 9.38. The van der Waals surface area contributed by atoms with E-state index in [-0.39, 0.29) is 11.2 Å². The summed E-state index contributed by atoms with van der Waals surface area (Å²) >= 11 is 2.91. The van der Waals surface area contributed by atoms with Crippen LogP contribution in [0.3, 0.4) is 0 Å². The molecule has 0 fully saturated rings. The van der Waals surface area contributed by atoms with Crippen LogP contribution in [0.4, 0.5) is 0 Å². The number of primary amides is 1. The first-order valence-electron chi connectivity index (χ1n) is 8.72. The third-order valence-corrected chi connectivity index (χ3v) is 6.87. The molecule has 0 radical (unpaired) electrons. The molecule has 3 rings (SSSR count). The highest BCUT2D eigenvalue weighted by Gasteiger charge is 2.33. The van der Waals surface area contributed by atoms with Gasteiger partial charge >= 0.3 is 0 Å². The van der Waals surface area contributed by atoms with Crippen molar-refractivity contribution in [2.45, 2.75) is 45.1 Å². The lowest BCUT2D eigenvalue weighted by Gasteiger charge is -2.35. The van der Waals surface area contributed by atoms with Crippen LogP contribution in [0.15, 0.2) is 22.5 Å². The average molecular weight is 386 g/mol. The highest BCUT2D eigenvalue weighted by molar-refractivity contribution is 8.00. The minimum Gasteiger partial charge on any atom is -0.369 e. The number of amides is 1. The fraction of sp³-hybridized carbons (Fsp3) is 0.450. The molecule has 0 spiro atoms. The minimum atomic E-state index is -0.399. The largest absolute Gasteiger partial charge is 0.369 e. The lowest BCUT2D eigenvalue weighted by atomic mass is 9.70. The number of fused-ring (bicyclic) bond motifs is 1. The van der Waals surface area contributed by atoms with Gasteiger partial charge in [0.2, 0.25) is 5.91 Å². The summed E-state index contributed by atoms with van der Waals surface area (Å²) in [6.45, 7) is 6.84. The Bertz CT molecular complexity index is 861. The van der Waals surface area contributed by atoms with Gasteiger partial charge in [0.25, 0.3) is 0 Å². The molecule has 1 aliphatic carbocycles. The number of carbonyl (C=O) groups excluding carboxylic acids is 1. The van der Waals surface area contributed by atoms with Gasteiger partial charge in [-0.25, -0.2) is 4.98 Å². The number of nitriles is 1. The Morgan fingerprint density at radius 2 is 2.27 bits per heavy atom. The van der Waals surface area contributed by atoms with Gasteiger partial charge in [0.05, 0.1) is 11.3 Å². The Balaban J connectivity index is 2.16. The second kappa shape index (κ2) is 7.42. The molecule has 2 N–H and O–H groups in total. The van der Waals surface area contributed by atoms with Crippen LogP contribution in [-0.4, -0.2) is 16.6 Å². The molecule has 0 bridgehead atoms. The zero-order valence-electron chi connectivity index (χ0n) is 15.3. The third kappa shape index (κ3) is 3.79. The number of hydrogen-bond donors (Lipinski definition) is 1. The Morgan fingerprint density at radius 3 is 2.85 bits per heavy atom. The van der Waals surface area contributed by atoms with Crippen molar-refractivity contribution in [3.8, 4) is 16.5 Å². The quantitative estimate of drug-likeness (QED) is 0.791. The molecular formula is C20H23N3OS2. The van der Waals surface area contributed by atoms with Crippen LogP contribution in [-0.2, 0) is 17.6 Å². The van der Waals surface area contributed by atoms with Crippen molar-refractivity contribution in [2.24, 2.45) is 17.1 Å². The highest BCUT2D eigenvalue weighted by atomic mass is 32.2. The molecule has 0 saturated carbocycles. The maximum atomic E-state index is 11.2. The van der Waals surface area contributed by atoms with Gasteiger partial charge in [0, 0.05) is 16.1 Å². The molecule has 1 aliphatic rings. The van der Waals surface area contributed by atoms with Crippen LogP contribution in [0, 0.1) is 22.7 Å². The third-order valence-electron chi connectivity index (χ3n) is 4.99. The van der Waals surface area contributed by atoms with E-state index in [1.165, 1.54) is 17.3 Å². The molecule has 2 aromatic rings. The molecule has 0 saturated heterocycles.